The Kier molecular flexibility index (Phi) is 3.65. The second-order valence-corrected chi connectivity index (χ2v) is 4.36. The van der Waals surface area contributed by atoms with Gasteiger partial charge in [-0.25, -0.2) is 0 Å². The van der Waals surface area contributed by atoms with Crippen LogP contribution in [0.3, 0.4) is 0 Å². The van der Waals surface area contributed by atoms with E-state index in [-0.39, 0.29) is 0 Å². The van der Waals surface area contributed by atoms with Crippen molar-refractivity contribution in [3.8, 4) is 5.75 Å². The van der Waals surface area contributed by atoms with Gasteiger partial charge in [0.2, 0.25) is 0 Å². The second kappa shape index (κ2) is 4.54. The van der Waals surface area contributed by atoms with Gasteiger partial charge in [-0.1, -0.05) is 28.7 Å². The van der Waals surface area contributed by atoms with Crippen molar-refractivity contribution >= 4 is 28.3 Å². The van der Waals surface area contributed by atoms with Crippen LogP contribution < -0.4 is 10.1 Å². The molecule has 12 heavy (non-hydrogen) atoms. The van der Waals surface area contributed by atoms with Crippen LogP contribution in [0.1, 0.15) is 6.92 Å². The summed E-state index contributed by atoms with van der Waals surface area (Å²) in [5.74, 6) is 0.886. The lowest BCUT2D eigenvalue weighted by molar-refractivity contribution is 0.415. The number of alkyl halides is 1. The van der Waals surface area contributed by atoms with Crippen LogP contribution >= 0.6 is 22.6 Å². The predicted molar refractivity (Wildman–Crippen MR) is 60.1 cm³/mol. The molecule has 0 fully saturated rings. The first-order chi connectivity index (χ1) is 5.72. The summed E-state index contributed by atoms with van der Waals surface area (Å²) in [7, 11) is 1.67. The minimum absolute atomic E-state index is 0.426. The lowest BCUT2D eigenvalue weighted by atomic mass is 10.3. The van der Waals surface area contributed by atoms with Crippen molar-refractivity contribution in [2.75, 3.05) is 12.4 Å². The smallest absolute Gasteiger partial charge is 0.120 e. The molecule has 1 aromatic rings. The summed E-state index contributed by atoms with van der Waals surface area (Å²) in [5.41, 5.74) is 1.09. The summed E-state index contributed by atoms with van der Waals surface area (Å²) in [6.45, 7) is 2.10. The summed E-state index contributed by atoms with van der Waals surface area (Å²) in [6, 6.07) is 7.91. The molecule has 0 aliphatic rings. The van der Waals surface area contributed by atoms with Gasteiger partial charge in [0.05, 0.1) is 11.2 Å². The highest BCUT2D eigenvalue weighted by atomic mass is 127. The van der Waals surface area contributed by atoms with E-state index in [0.29, 0.717) is 4.05 Å². The van der Waals surface area contributed by atoms with Gasteiger partial charge in [-0.05, 0) is 19.1 Å². The van der Waals surface area contributed by atoms with Crippen LogP contribution in [-0.4, -0.2) is 11.2 Å². The summed E-state index contributed by atoms with van der Waals surface area (Å²) in [5, 5.41) is 3.29. The number of halogens is 1. The third-order valence-electron chi connectivity index (χ3n) is 1.44. The van der Waals surface area contributed by atoms with Crippen LogP contribution in [-0.2, 0) is 0 Å². The number of nitrogens with one attached hydrogen (secondary N) is 1. The van der Waals surface area contributed by atoms with Gasteiger partial charge in [-0.3, -0.25) is 0 Å². The highest BCUT2D eigenvalue weighted by molar-refractivity contribution is 14.1. The van der Waals surface area contributed by atoms with Crippen LogP contribution in [0.5, 0.6) is 5.75 Å². The molecule has 0 saturated heterocycles. The first-order valence-corrected chi connectivity index (χ1v) is 5.01. The summed E-state index contributed by atoms with van der Waals surface area (Å²) < 4.78 is 5.52. The van der Waals surface area contributed by atoms with Gasteiger partial charge in [0, 0.05) is 11.8 Å². The maximum atomic E-state index is 5.09. The fourth-order valence-corrected chi connectivity index (χ4v) is 1.30. The Labute approximate surface area is 86.5 Å². The number of benzene rings is 1. The maximum Gasteiger partial charge on any atom is 0.120 e. The van der Waals surface area contributed by atoms with Crippen LogP contribution in [0.4, 0.5) is 5.69 Å². The molecule has 0 unspecified atom stereocenters. The summed E-state index contributed by atoms with van der Waals surface area (Å²) in [6.07, 6.45) is 0. The molecule has 0 radical (unpaired) electrons. The SMILES string of the molecule is COc1cccc(N[C@H](C)I)c1. The van der Waals surface area contributed by atoms with E-state index < -0.39 is 0 Å². The highest BCUT2D eigenvalue weighted by Crippen LogP contribution is 2.18. The van der Waals surface area contributed by atoms with Gasteiger partial charge < -0.3 is 10.1 Å². The lowest BCUT2D eigenvalue weighted by Gasteiger charge is -2.09. The van der Waals surface area contributed by atoms with Gasteiger partial charge in [0.15, 0.2) is 0 Å². The molecular weight excluding hydrogens is 265 g/mol. The first-order valence-electron chi connectivity index (χ1n) is 3.77. The van der Waals surface area contributed by atoms with Gasteiger partial charge in [0.1, 0.15) is 5.75 Å². The van der Waals surface area contributed by atoms with Crippen molar-refractivity contribution in [1.82, 2.24) is 0 Å². The fraction of sp³-hybridized carbons (Fsp3) is 0.333. The van der Waals surface area contributed by atoms with Crippen LogP contribution in [0, 0.1) is 0 Å². The molecule has 1 aromatic carbocycles. The molecule has 0 aliphatic carbocycles. The molecule has 0 bridgehead atoms. The molecule has 1 atom stereocenters. The molecule has 3 heteroatoms. The van der Waals surface area contributed by atoms with E-state index in [1.165, 1.54) is 0 Å². The largest absolute Gasteiger partial charge is 0.497 e. The van der Waals surface area contributed by atoms with Crippen molar-refractivity contribution in [2.45, 2.75) is 11.0 Å². The van der Waals surface area contributed by atoms with Gasteiger partial charge >= 0.3 is 0 Å². The van der Waals surface area contributed by atoms with Crippen molar-refractivity contribution in [2.24, 2.45) is 0 Å². The molecule has 0 heterocycles. The molecule has 0 amide bonds. The number of rotatable bonds is 3. The predicted octanol–water partition coefficient (Wildman–Crippen LogP) is 2.89. The maximum absolute atomic E-state index is 5.09. The molecular formula is C9H12INO. The number of ether oxygens (including phenoxy) is 1. The van der Waals surface area contributed by atoms with Crippen LogP contribution in [0.15, 0.2) is 24.3 Å². The lowest BCUT2D eigenvalue weighted by Crippen LogP contribution is -2.05. The standard InChI is InChI=1S/C9H12INO/c1-7(10)11-8-4-3-5-9(6-8)12-2/h3-7,11H,1-2H3/t7-/m1/s1. The minimum atomic E-state index is 0.426. The monoisotopic (exact) mass is 277 g/mol. The van der Waals surface area contributed by atoms with E-state index in [0.717, 1.165) is 11.4 Å². The molecule has 2 nitrogen and oxygen atoms in total. The molecule has 0 aliphatic heterocycles. The zero-order chi connectivity index (χ0) is 8.97. The van der Waals surface area contributed by atoms with Crippen molar-refractivity contribution in [1.29, 1.82) is 0 Å². The molecule has 0 saturated carbocycles. The summed E-state index contributed by atoms with van der Waals surface area (Å²) in [4.78, 5) is 0. The topological polar surface area (TPSA) is 21.3 Å². The number of hydrogen-bond acceptors (Lipinski definition) is 2. The van der Waals surface area contributed by atoms with E-state index >= 15 is 0 Å². The first kappa shape index (κ1) is 9.64. The highest BCUT2D eigenvalue weighted by Gasteiger charge is 1.96. The Morgan fingerprint density at radius 2 is 2.25 bits per heavy atom. The number of anilines is 1. The van der Waals surface area contributed by atoms with E-state index in [1.807, 2.05) is 24.3 Å². The van der Waals surface area contributed by atoms with E-state index in [1.54, 1.807) is 7.11 Å². The Bertz CT molecular complexity index is 250. The van der Waals surface area contributed by atoms with Crippen LogP contribution in [0.25, 0.3) is 0 Å². The average molecular weight is 277 g/mol. The number of hydrogen-bond donors (Lipinski definition) is 1. The fourth-order valence-electron chi connectivity index (χ4n) is 0.943. The quantitative estimate of drug-likeness (QED) is 0.521. The van der Waals surface area contributed by atoms with Crippen molar-refractivity contribution in [3.63, 3.8) is 0 Å². The van der Waals surface area contributed by atoms with Crippen molar-refractivity contribution in [3.05, 3.63) is 24.3 Å². The van der Waals surface area contributed by atoms with Crippen LogP contribution in [0.2, 0.25) is 0 Å². The minimum Gasteiger partial charge on any atom is -0.497 e. The molecule has 1 rings (SSSR count). The van der Waals surface area contributed by atoms with E-state index in [9.17, 15) is 0 Å². The Hall–Kier alpha value is -0.450. The van der Waals surface area contributed by atoms with Gasteiger partial charge in [-0.15, -0.1) is 0 Å². The van der Waals surface area contributed by atoms with Gasteiger partial charge in [0.25, 0.3) is 0 Å². The molecule has 1 N–H and O–H groups in total. The third kappa shape index (κ3) is 2.89. The second-order valence-electron chi connectivity index (χ2n) is 2.49. The average Bonchev–Trinajstić information content (AvgIpc) is 2.03. The zero-order valence-electron chi connectivity index (χ0n) is 7.17. The zero-order valence-corrected chi connectivity index (χ0v) is 9.33. The normalized spacial score (nSPS) is 12.2. The molecule has 0 spiro atoms. The Morgan fingerprint density at radius 3 is 2.83 bits per heavy atom. The van der Waals surface area contributed by atoms with Gasteiger partial charge in [-0.2, -0.15) is 0 Å². The summed E-state index contributed by atoms with van der Waals surface area (Å²) >= 11 is 2.32. The van der Waals surface area contributed by atoms with E-state index in [4.69, 9.17) is 4.74 Å². The Morgan fingerprint density at radius 1 is 1.50 bits per heavy atom. The van der Waals surface area contributed by atoms with E-state index in [2.05, 4.69) is 34.8 Å². The number of methoxy groups -OCH3 is 1. The Balaban J connectivity index is 2.72. The van der Waals surface area contributed by atoms with Crippen molar-refractivity contribution < 1.29 is 4.74 Å². The molecule has 66 valence electrons. The third-order valence-corrected chi connectivity index (χ3v) is 1.75. The molecule has 0 aromatic heterocycles.